The zero-order chi connectivity index (χ0) is 25.6. The van der Waals surface area contributed by atoms with Crippen LogP contribution in [-0.4, -0.2) is 23.1 Å². The number of unbranched alkanes of at least 4 members (excludes halogenated alkanes) is 16. The summed E-state index contributed by atoms with van der Waals surface area (Å²) in [5, 5.41) is 9.42. The maximum atomic E-state index is 12.8. The predicted octanol–water partition coefficient (Wildman–Crippen LogP) is 9.75. The van der Waals surface area contributed by atoms with E-state index >= 15 is 0 Å². The van der Waals surface area contributed by atoms with Crippen molar-refractivity contribution in [2.75, 3.05) is 0 Å². The number of carbonyl (C=O) groups excluding carboxylic acids is 1. The van der Waals surface area contributed by atoms with Crippen LogP contribution in [0.4, 0.5) is 0 Å². The number of carbonyl (C=O) groups is 2. The lowest BCUT2D eigenvalue weighted by molar-refractivity contribution is 0.0244. The second-order valence-electron chi connectivity index (χ2n) is 10.1. The van der Waals surface area contributed by atoms with Gasteiger partial charge in [0.2, 0.25) is 0 Å². The summed E-state index contributed by atoms with van der Waals surface area (Å²) in [5.41, 5.74) is 0.173. The molecule has 4 heteroatoms. The normalized spacial score (nSPS) is 11.2. The summed E-state index contributed by atoms with van der Waals surface area (Å²) < 4.78 is 5.87. The maximum absolute atomic E-state index is 12.8. The van der Waals surface area contributed by atoms with Crippen LogP contribution in [0.2, 0.25) is 0 Å². The van der Waals surface area contributed by atoms with E-state index in [4.69, 9.17) is 4.74 Å². The van der Waals surface area contributed by atoms with E-state index in [-0.39, 0.29) is 17.2 Å². The first-order chi connectivity index (χ1) is 17.1. The number of carboxylic acid groups (broad SMARTS) is 1. The summed E-state index contributed by atoms with van der Waals surface area (Å²) in [6.07, 6.45) is 24.4. The Bertz CT molecular complexity index is 648. The molecule has 0 fully saturated rings. The Labute approximate surface area is 215 Å². The van der Waals surface area contributed by atoms with Crippen LogP contribution in [0.25, 0.3) is 0 Å². The molecule has 4 nitrogen and oxygen atoms in total. The van der Waals surface area contributed by atoms with Crippen LogP contribution in [0.15, 0.2) is 24.3 Å². The van der Waals surface area contributed by atoms with Crippen molar-refractivity contribution in [2.45, 2.75) is 148 Å². The standard InChI is InChI=1S/C31H52O4/c1-3-5-7-9-11-13-15-17-19-23-27(24-20-18-16-14-12-10-8-6-4-2)35-31(34)29-26-22-21-25-28(29)30(32)33/h21-22,25-27H,3-20,23-24H2,1-2H3,(H,32,33). The number of rotatable bonds is 23. The van der Waals surface area contributed by atoms with Gasteiger partial charge in [-0.1, -0.05) is 129 Å². The molecule has 0 aromatic heterocycles. The average molecular weight is 489 g/mol. The first-order valence-electron chi connectivity index (χ1n) is 14.6. The third-order valence-corrected chi connectivity index (χ3v) is 6.91. The van der Waals surface area contributed by atoms with Crippen LogP contribution >= 0.6 is 0 Å². The molecule has 0 saturated heterocycles. The Morgan fingerprint density at radius 1 is 0.629 bits per heavy atom. The lowest BCUT2D eigenvalue weighted by Gasteiger charge is -2.19. The smallest absolute Gasteiger partial charge is 0.339 e. The Hall–Kier alpha value is -1.84. The molecule has 0 aliphatic rings. The zero-order valence-corrected chi connectivity index (χ0v) is 22.7. The van der Waals surface area contributed by atoms with Crippen LogP contribution < -0.4 is 0 Å². The van der Waals surface area contributed by atoms with Gasteiger partial charge in [0.15, 0.2) is 0 Å². The van der Waals surface area contributed by atoms with Crippen molar-refractivity contribution < 1.29 is 19.4 Å². The van der Waals surface area contributed by atoms with Crippen molar-refractivity contribution in [2.24, 2.45) is 0 Å². The highest BCUT2D eigenvalue weighted by Crippen LogP contribution is 2.20. The average Bonchev–Trinajstić information content (AvgIpc) is 2.86. The molecule has 0 saturated carbocycles. The highest BCUT2D eigenvalue weighted by atomic mass is 16.5. The van der Waals surface area contributed by atoms with E-state index in [2.05, 4.69) is 13.8 Å². The number of esters is 1. The number of benzene rings is 1. The van der Waals surface area contributed by atoms with Gasteiger partial charge in [-0.2, -0.15) is 0 Å². The third-order valence-electron chi connectivity index (χ3n) is 6.91. The largest absolute Gasteiger partial charge is 0.478 e. The van der Waals surface area contributed by atoms with Crippen molar-refractivity contribution in [3.05, 3.63) is 35.4 Å². The van der Waals surface area contributed by atoms with E-state index in [0.29, 0.717) is 0 Å². The Balaban J connectivity index is 2.44. The molecule has 1 aromatic carbocycles. The highest BCUT2D eigenvalue weighted by molar-refractivity contribution is 6.02. The summed E-state index contributed by atoms with van der Waals surface area (Å²) in [6, 6.07) is 6.36. The number of ether oxygens (including phenoxy) is 1. The molecule has 0 radical (unpaired) electrons. The lowest BCUT2D eigenvalue weighted by atomic mass is 10.0. The SMILES string of the molecule is CCCCCCCCCCCC(CCCCCCCCCCC)OC(=O)c1ccccc1C(=O)O. The van der Waals surface area contributed by atoms with Crippen LogP contribution in [0.3, 0.4) is 0 Å². The van der Waals surface area contributed by atoms with E-state index in [1.807, 2.05) is 0 Å². The molecule has 35 heavy (non-hydrogen) atoms. The molecule has 200 valence electrons. The summed E-state index contributed by atoms with van der Waals surface area (Å²) in [4.78, 5) is 24.3. The van der Waals surface area contributed by atoms with Crippen molar-refractivity contribution in [1.29, 1.82) is 0 Å². The van der Waals surface area contributed by atoms with Gasteiger partial charge in [0.25, 0.3) is 0 Å². The van der Waals surface area contributed by atoms with Crippen molar-refractivity contribution in [3.63, 3.8) is 0 Å². The van der Waals surface area contributed by atoms with Gasteiger partial charge in [-0.15, -0.1) is 0 Å². The second-order valence-corrected chi connectivity index (χ2v) is 10.1. The molecule has 0 spiro atoms. The lowest BCUT2D eigenvalue weighted by Crippen LogP contribution is -2.20. The topological polar surface area (TPSA) is 63.6 Å². The molecule has 1 rings (SSSR count). The Kier molecular flexibility index (Phi) is 19.1. The Morgan fingerprint density at radius 2 is 1.00 bits per heavy atom. The van der Waals surface area contributed by atoms with Gasteiger partial charge in [-0.3, -0.25) is 0 Å². The third kappa shape index (κ3) is 15.7. The van der Waals surface area contributed by atoms with Gasteiger partial charge < -0.3 is 9.84 Å². The van der Waals surface area contributed by atoms with Crippen molar-refractivity contribution >= 4 is 11.9 Å². The first-order valence-corrected chi connectivity index (χ1v) is 14.6. The van der Waals surface area contributed by atoms with Crippen LogP contribution in [0.1, 0.15) is 163 Å². The van der Waals surface area contributed by atoms with Crippen LogP contribution in [0.5, 0.6) is 0 Å². The van der Waals surface area contributed by atoms with Crippen molar-refractivity contribution in [3.8, 4) is 0 Å². The highest BCUT2D eigenvalue weighted by Gasteiger charge is 2.20. The van der Waals surface area contributed by atoms with Gasteiger partial charge in [-0.25, -0.2) is 9.59 Å². The van der Waals surface area contributed by atoms with E-state index in [9.17, 15) is 14.7 Å². The predicted molar refractivity (Wildman–Crippen MR) is 146 cm³/mol. The molecule has 0 atom stereocenters. The molecular weight excluding hydrogens is 436 g/mol. The number of hydrogen-bond donors (Lipinski definition) is 1. The maximum Gasteiger partial charge on any atom is 0.339 e. The van der Waals surface area contributed by atoms with Crippen LogP contribution in [0, 0.1) is 0 Å². The summed E-state index contributed by atoms with van der Waals surface area (Å²) >= 11 is 0. The summed E-state index contributed by atoms with van der Waals surface area (Å²) in [6.45, 7) is 4.50. The van der Waals surface area contributed by atoms with E-state index in [1.54, 1.807) is 18.2 Å². The minimum Gasteiger partial charge on any atom is -0.478 e. The number of aromatic carboxylic acids is 1. The minimum atomic E-state index is -1.09. The first kappa shape index (κ1) is 31.2. The van der Waals surface area contributed by atoms with Gasteiger partial charge >= 0.3 is 11.9 Å². The summed E-state index contributed by atoms with van der Waals surface area (Å²) in [7, 11) is 0. The number of hydrogen-bond acceptors (Lipinski definition) is 3. The molecule has 0 aliphatic heterocycles. The Morgan fingerprint density at radius 3 is 1.40 bits per heavy atom. The van der Waals surface area contributed by atoms with Gasteiger partial charge in [0, 0.05) is 0 Å². The summed E-state index contributed by atoms with van der Waals surface area (Å²) in [5.74, 6) is -1.59. The monoisotopic (exact) mass is 488 g/mol. The van der Waals surface area contributed by atoms with Gasteiger partial charge in [-0.05, 0) is 37.8 Å². The van der Waals surface area contributed by atoms with Crippen molar-refractivity contribution in [1.82, 2.24) is 0 Å². The molecule has 1 N–H and O–H groups in total. The van der Waals surface area contributed by atoms with E-state index < -0.39 is 11.9 Å². The van der Waals surface area contributed by atoms with E-state index in [0.717, 1.165) is 25.7 Å². The quantitative estimate of drug-likeness (QED) is 0.123. The molecule has 0 amide bonds. The second kappa shape index (κ2) is 21.4. The van der Waals surface area contributed by atoms with Gasteiger partial charge in [0.1, 0.15) is 6.10 Å². The number of carboxylic acids is 1. The molecule has 0 unspecified atom stereocenters. The fourth-order valence-electron chi connectivity index (χ4n) is 4.69. The molecular formula is C31H52O4. The molecule has 0 bridgehead atoms. The fourth-order valence-corrected chi connectivity index (χ4v) is 4.69. The molecule has 1 aromatic rings. The molecule has 0 heterocycles. The minimum absolute atomic E-state index is 0.0161. The molecule has 0 aliphatic carbocycles. The van der Waals surface area contributed by atoms with E-state index in [1.165, 1.54) is 109 Å². The fraction of sp³-hybridized carbons (Fsp3) is 0.742. The van der Waals surface area contributed by atoms with Crippen LogP contribution in [-0.2, 0) is 4.74 Å². The zero-order valence-electron chi connectivity index (χ0n) is 22.7. The van der Waals surface area contributed by atoms with Gasteiger partial charge in [0.05, 0.1) is 11.1 Å².